The van der Waals surface area contributed by atoms with E-state index >= 15 is 0 Å². The van der Waals surface area contributed by atoms with Crippen LogP contribution in [0.3, 0.4) is 0 Å². The Morgan fingerprint density at radius 3 is 1.50 bits per heavy atom. The Morgan fingerprint density at radius 2 is 1.40 bits per heavy atom. The molecule has 0 aliphatic carbocycles. The van der Waals surface area contributed by atoms with E-state index in [1.807, 2.05) is 0 Å². The highest BCUT2D eigenvalue weighted by molar-refractivity contribution is 4.30. The number of hydrogen-bond acceptors (Lipinski definition) is 0. The van der Waals surface area contributed by atoms with Gasteiger partial charge in [-0.15, -0.1) is 0 Å². The van der Waals surface area contributed by atoms with Gasteiger partial charge in [-0.1, -0.05) is 6.92 Å². The van der Waals surface area contributed by atoms with Crippen LogP contribution in [-0.2, 0) is 0 Å². The lowest BCUT2D eigenvalue weighted by atomic mass is 10.3. The van der Waals surface area contributed by atoms with Crippen molar-refractivity contribution in [1.29, 1.82) is 0 Å². The average Bonchev–Trinajstić information content (AvgIpc) is 1.89. The molecule has 1 nitrogen and oxygen atoms in total. The molecule has 10 heavy (non-hydrogen) atoms. The van der Waals surface area contributed by atoms with Crippen LogP contribution in [-0.4, -0.2) is 31.2 Å². The summed E-state index contributed by atoms with van der Waals surface area (Å²) >= 11 is 0. The first-order valence-electron chi connectivity index (χ1n) is 4.02. The minimum absolute atomic E-state index is 0. The summed E-state index contributed by atoms with van der Waals surface area (Å²) in [6, 6.07) is 0. The third kappa shape index (κ3) is 4.13. The molecular formula is C8H20ClN. The van der Waals surface area contributed by atoms with E-state index in [1.54, 1.807) is 0 Å². The molecule has 2 heteroatoms. The zero-order valence-electron chi connectivity index (χ0n) is 7.65. The van der Waals surface area contributed by atoms with Crippen LogP contribution in [0.2, 0.25) is 0 Å². The molecule has 0 rings (SSSR count). The van der Waals surface area contributed by atoms with Gasteiger partial charge in [0.15, 0.2) is 0 Å². The summed E-state index contributed by atoms with van der Waals surface area (Å²) in [6.07, 6.45) is 1.30. The van der Waals surface area contributed by atoms with Gasteiger partial charge in [0.05, 0.1) is 26.7 Å². The zero-order chi connectivity index (χ0) is 7.33. The first kappa shape index (κ1) is 12.9. The van der Waals surface area contributed by atoms with E-state index in [0.717, 1.165) is 0 Å². The molecule has 0 aromatic rings. The molecule has 64 valence electrons. The van der Waals surface area contributed by atoms with Crippen molar-refractivity contribution in [3.05, 3.63) is 0 Å². The third-order valence-corrected chi connectivity index (χ3v) is 2.29. The fraction of sp³-hybridized carbons (Fsp3) is 1.00. The molecule has 0 bridgehead atoms. The maximum atomic E-state index is 2.32. The number of nitrogens with zero attached hydrogens (tertiary/aromatic N) is 1. The standard InChI is InChI=1S/C8H20N.ClH/c1-5-8-9(4,6-2)7-3;/h5-8H2,1-4H3;1H/q+1;/p-1. The second kappa shape index (κ2) is 5.99. The molecule has 0 unspecified atom stereocenters. The van der Waals surface area contributed by atoms with E-state index in [2.05, 4.69) is 27.8 Å². The molecule has 0 fully saturated rings. The van der Waals surface area contributed by atoms with Crippen molar-refractivity contribution in [1.82, 2.24) is 0 Å². The molecule has 0 spiro atoms. The third-order valence-electron chi connectivity index (χ3n) is 2.29. The van der Waals surface area contributed by atoms with E-state index < -0.39 is 0 Å². The van der Waals surface area contributed by atoms with Gasteiger partial charge in [0.2, 0.25) is 0 Å². The SMILES string of the molecule is CCC[N+](C)(CC)CC.[Cl-]. The second-order valence-corrected chi connectivity index (χ2v) is 2.98. The van der Waals surface area contributed by atoms with Gasteiger partial charge in [0, 0.05) is 0 Å². The van der Waals surface area contributed by atoms with Crippen molar-refractivity contribution in [3.63, 3.8) is 0 Å². The first-order chi connectivity index (χ1) is 4.18. The summed E-state index contributed by atoms with van der Waals surface area (Å²) in [5.41, 5.74) is 0. The second-order valence-electron chi connectivity index (χ2n) is 2.98. The highest BCUT2D eigenvalue weighted by Gasteiger charge is 2.13. The summed E-state index contributed by atoms with van der Waals surface area (Å²) in [4.78, 5) is 0. The van der Waals surface area contributed by atoms with Crippen LogP contribution in [0.4, 0.5) is 0 Å². The minimum atomic E-state index is 0. The lowest BCUT2D eigenvalue weighted by Gasteiger charge is -2.31. The maximum Gasteiger partial charge on any atom is 0.0781 e. The first-order valence-corrected chi connectivity index (χ1v) is 4.02. The van der Waals surface area contributed by atoms with E-state index in [-0.39, 0.29) is 12.4 Å². The molecule has 0 aromatic heterocycles. The van der Waals surface area contributed by atoms with E-state index in [1.165, 1.54) is 30.5 Å². The lowest BCUT2D eigenvalue weighted by molar-refractivity contribution is -0.906. The van der Waals surface area contributed by atoms with Crippen molar-refractivity contribution < 1.29 is 16.9 Å². The van der Waals surface area contributed by atoms with Gasteiger partial charge in [0.1, 0.15) is 0 Å². The van der Waals surface area contributed by atoms with Crippen LogP contribution in [0.15, 0.2) is 0 Å². The van der Waals surface area contributed by atoms with Crippen LogP contribution < -0.4 is 12.4 Å². The molecule has 0 heterocycles. The van der Waals surface area contributed by atoms with E-state index in [4.69, 9.17) is 0 Å². The molecule has 0 radical (unpaired) electrons. The Bertz CT molecular complexity index is 69.7. The fourth-order valence-corrected chi connectivity index (χ4v) is 1.08. The Morgan fingerprint density at radius 1 is 1.00 bits per heavy atom. The fourth-order valence-electron chi connectivity index (χ4n) is 1.08. The molecule has 0 saturated heterocycles. The predicted octanol–water partition coefficient (Wildman–Crippen LogP) is -1.11. The molecule has 0 atom stereocenters. The van der Waals surface area contributed by atoms with Crippen LogP contribution in [0.1, 0.15) is 27.2 Å². The number of halogens is 1. The monoisotopic (exact) mass is 165 g/mol. The number of hydrogen-bond donors (Lipinski definition) is 0. The summed E-state index contributed by atoms with van der Waals surface area (Å²) in [5.74, 6) is 0. The molecule has 0 aliphatic heterocycles. The molecule has 0 aromatic carbocycles. The summed E-state index contributed by atoms with van der Waals surface area (Å²) < 4.78 is 1.23. The Hall–Kier alpha value is 0.250. The van der Waals surface area contributed by atoms with Gasteiger partial charge in [-0.25, -0.2) is 0 Å². The molecule has 0 N–H and O–H groups in total. The van der Waals surface area contributed by atoms with Crippen LogP contribution in [0.5, 0.6) is 0 Å². The van der Waals surface area contributed by atoms with Crippen molar-refractivity contribution in [2.24, 2.45) is 0 Å². The van der Waals surface area contributed by atoms with Gasteiger partial charge in [0.25, 0.3) is 0 Å². The largest absolute Gasteiger partial charge is 1.00 e. The van der Waals surface area contributed by atoms with Crippen molar-refractivity contribution in [2.45, 2.75) is 27.2 Å². The van der Waals surface area contributed by atoms with E-state index in [9.17, 15) is 0 Å². The van der Waals surface area contributed by atoms with Gasteiger partial charge in [-0.05, 0) is 20.3 Å². The Balaban J connectivity index is 0. The van der Waals surface area contributed by atoms with Crippen LogP contribution in [0.25, 0.3) is 0 Å². The van der Waals surface area contributed by atoms with Crippen molar-refractivity contribution in [2.75, 3.05) is 26.7 Å². The highest BCUT2D eigenvalue weighted by atomic mass is 35.5. The summed E-state index contributed by atoms with van der Waals surface area (Å²) in [6.45, 7) is 10.6. The van der Waals surface area contributed by atoms with Crippen molar-refractivity contribution in [3.8, 4) is 0 Å². The summed E-state index contributed by atoms with van der Waals surface area (Å²) in [5, 5.41) is 0. The smallest absolute Gasteiger partial charge is 0.0781 e. The number of rotatable bonds is 4. The van der Waals surface area contributed by atoms with Gasteiger partial charge < -0.3 is 16.9 Å². The van der Waals surface area contributed by atoms with E-state index in [0.29, 0.717) is 0 Å². The molecule has 0 aliphatic rings. The van der Waals surface area contributed by atoms with Crippen LogP contribution in [0, 0.1) is 0 Å². The molecule has 0 saturated carbocycles. The lowest BCUT2D eigenvalue weighted by Crippen LogP contribution is -3.00. The zero-order valence-corrected chi connectivity index (χ0v) is 8.41. The topological polar surface area (TPSA) is 0 Å². The van der Waals surface area contributed by atoms with Crippen molar-refractivity contribution >= 4 is 0 Å². The van der Waals surface area contributed by atoms with Gasteiger partial charge >= 0.3 is 0 Å². The molecular weight excluding hydrogens is 146 g/mol. The quantitative estimate of drug-likeness (QED) is 0.464. The van der Waals surface area contributed by atoms with Gasteiger partial charge in [-0.3, -0.25) is 0 Å². The number of quaternary nitrogens is 1. The normalized spacial score (nSPS) is 10.8. The molecule has 0 amide bonds. The minimum Gasteiger partial charge on any atom is -1.00 e. The summed E-state index contributed by atoms with van der Waals surface area (Å²) in [7, 11) is 2.32. The Kier molecular flexibility index (Phi) is 7.72. The Labute approximate surface area is 71.4 Å². The predicted molar refractivity (Wildman–Crippen MR) is 42.4 cm³/mol. The van der Waals surface area contributed by atoms with Crippen LogP contribution >= 0.6 is 0 Å². The average molecular weight is 166 g/mol. The van der Waals surface area contributed by atoms with Gasteiger partial charge in [-0.2, -0.15) is 0 Å². The highest BCUT2D eigenvalue weighted by Crippen LogP contribution is 2.01. The maximum absolute atomic E-state index is 2.32.